The van der Waals surface area contributed by atoms with Crippen molar-refractivity contribution in [2.45, 2.75) is 26.2 Å². The summed E-state index contributed by atoms with van der Waals surface area (Å²) in [5.74, 6) is -0.473. The molecule has 1 fully saturated rings. The first-order chi connectivity index (χ1) is 12.9. The van der Waals surface area contributed by atoms with Crippen LogP contribution in [0.2, 0.25) is 5.02 Å². The summed E-state index contributed by atoms with van der Waals surface area (Å²) in [6, 6.07) is 11.4. The van der Waals surface area contributed by atoms with Crippen LogP contribution in [0, 0.1) is 18.7 Å². The Morgan fingerprint density at radius 1 is 1.15 bits per heavy atom. The number of nitrogens with one attached hydrogen (secondary N) is 1. The molecule has 0 saturated carbocycles. The molecule has 142 valence electrons. The Balaban J connectivity index is 1.50. The number of anilines is 1. The summed E-state index contributed by atoms with van der Waals surface area (Å²) in [4.78, 5) is 26.7. The molecule has 1 heterocycles. The highest BCUT2D eigenvalue weighted by Crippen LogP contribution is 2.23. The minimum atomic E-state index is -0.312. The Morgan fingerprint density at radius 2 is 1.81 bits per heavy atom. The predicted octanol–water partition coefficient (Wildman–Crippen LogP) is 4.21. The third kappa shape index (κ3) is 5.07. The lowest BCUT2D eigenvalue weighted by molar-refractivity contribution is -0.133. The minimum Gasteiger partial charge on any atom is -0.342 e. The molecule has 4 nitrogen and oxygen atoms in total. The second kappa shape index (κ2) is 8.53. The van der Waals surface area contributed by atoms with Gasteiger partial charge in [0.15, 0.2) is 0 Å². The lowest BCUT2D eigenvalue weighted by Gasteiger charge is -2.31. The molecule has 0 bridgehead atoms. The van der Waals surface area contributed by atoms with Gasteiger partial charge in [-0.15, -0.1) is 0 Å². The molecule has 0 aromatic heterocycles. The maximum absolute atomic E-state index is 13.0. The van der Waals surface area contributed by atoms with Crippen molar-refractivity contribution in [1.29, 1.82) is 0 Å². The molecule has 6 heteroatoms. The van der Waals surface area contributed by atoms with Crippen LogP contribution < -0.4 is 5.32 Å². The SMILES string of the molecule is Cc1ccc(NC(=O)C2CCN(C(=O)Cc3ccc(F)cc3)CC2)cc1Cl. The third-order valence-electron chi connectivity index (χ3n) is 4.93. The van der Waals surface area contributed by atoms with E-state index in [1.165, 1.54) is 12.1 Å². The van der Waals surface area contributed by atoms with Crippen LogP contribution in [0.25, 0.3) is 0 Å². The number of rotatable bonds is 4. The quantitative estimate of drug-likeness (QED) is 0.853. The molecule has 2 aromatic rings. The molecule has 0 unspecified atom stereocenters. The largest absolute Gasteiger partial charge is 0.342 e. The molecule has 2 amide bonds. The molecule has 27 heavy (non-hydrogen) atoms. The first kappa shape index (κ1) is 19.4. The second-order valence-corrected chi connectivity index (χ2v) is 7.32. The molecule has 1 N–H and O–H groups in total. The fraction of sp³-hybridized carbons (Fsp3) is 0.333. The molecule has 1 aliphatic heterocycles. The highest BCUT2D eigenvalue weighted by Gasteiger charge is 2.27. The van der Waals surface area contributed by atoms with Crippen LogP contribution in [0.1, 0.15) is 24.0 Å². The number of piperidine rings is 1. The zero-order chi connectivity index (χ0) is 19.4. The minimum absolute atomic E-state index is 0.00535. The Kier molecular flexibility index (Phi) is 6.11. The molecule has 1 saturated heterocycles. The summed E-state index contributed by atoms with van der Waals surface area (Å²) in [6.45, 7) is 3.01. The monoisotopic (exact) mass is 388 g/mol. The van der Waals surface area contributed by atoms with Gasteiger partial charge in [0.05, 0.1) is 6.42 Å². The number of likely N-dealkylation sites (tertiary alicyclic amines) is 1. The van der Waals surface area contributed by atoms with Crippen LogP contribution in [-0.4, -0.2) is 29.8 Å². The molecule has 0 radical (unpaired) electrons. The van der Waals surface area contributed by atoms with Crippen molar-refractivity contribution in [3.8, 4) is 0 Å². The number of aryl methyl sites for hydroxylation is 1. The van der Waals surface area contributed by atoms with Gasteiger partial charge in [-0.05, 0) is 55.2 Å². The van der Waals surface area contributed by atoms with E-state index in [1.54, 1.807) is 23.1 Å². The van der Waals surface area contributed by atoms with Gasteiger partial charge in [0.1, 0.15) is 5.82 Å². The number of carbonyl (C=O) groups is 2. The van der Waals surface area contributed by atoms with Crippen LogP contribution in [0.4, 0.5) is 10.1 Å². The lowest BCUT2D eigenvalue weighted by atomic mass is 9.95. The highest BCUT2D eigenvalue weighted by molar-refractivity contribution is 6.31. The van der Waals surface area contributed by atoms with E-state index >= 15 is 0 Å². The summed E-state index contributed by atoms with van der Waals surface area (Å²) in [5.41, 5.74) is 2.44. The predicted molar refractivity (Wildman–Crippen MR) is 104 cm³/mol. The highest BCUT2D eigenvalue weighted by atomic mass is 35.5. The number of nitrogens with zero attached hydrogens (tertiary/aromatic N) is 1. The van der Waals surface area contributed by atoms with Crippen molar-refractivity contribution >= 4 is 29.1 Å². The van der Waals surface area contributed by atoms with Gasteiger partial charge in [0.2, 0.25) is 11.8 Å². The topological polar surface area (TPSA) is 49.4 Å². The first-order valence-corrected chi connectivity index (χ1v) is 9.39. The van der Waals surface area contributed by atoms with E-state index in [4.69, 9.17) is 11.6 Å². The zero-order valence-corrected chi connectivity index (χ0v) is 15.9. The Labute approximate surface area is 163 Å². The van der Waals surface area contributed by atoms with Crippen LogP contribution in [-0.2, 0) is 16.0 Å². The van der Waals surface area contributed by atoms with Gasteiger partial charge >= 0.3 is 0 Å². The van der Waals surface area contributed by atoms with Crippen molar-refractivity contribution in [2.24, 2.45) is 5.92 Å². The van der Waals surface area contributed by atoms with Crippen LogP contribution in [0.5, 0.6) is 0 Å². The molecule has 3 rings (SSSR count). The number of carbonyl (C=O) groups excluding carboxylic acids is 2. The fourth-order valence-corrected chi connectivity index (χ4v) is 3.38. The van der Waals surface area contributed by atoms with E-state index in [-0.39, 0.29) is 30.0 Å². The standard InChI is InChI=1S/C21H22ClFN2O2/c1-14-2-7-18(13-19(14)22)24-21(27)16-8-10-25(11-9-16)20(26)12-15-3-5-17(23)6-4-15/h2-7,13,16H,8-12H2,1H3,(H,24,27). The summed E-state index contributed by atoms with van der Waals surface area (Å²) >= 11 is 6.10. The first-order valence-electron chi connectivity index (χ1n) is 9.01. The molecule has 2 aromatic carbocycles. The smallest absolute Gasteiger partial charge is 0.227 e. The summed E-state index contributed by atoms with van der Waals surface area (Å²) in [6.07, 6.45) is 1.50. The van der Waals surface area contributed by atoms with Gasteiger partial charge in [0.25, 0.3) is 0 Å². The van der Waals surface area contributed by atoms with E-state index < -0.39 is 0 Å². The van der Waals surface area contributed by atoms with Gasteiger partial charge in [-0.1, -0.05) is 29.8 Å². The van der Waals surface area contributed by atoms with Crippen molar-refractivity contribution < 1.29 is 14.0 Å². The lowest BCUT2D eigenvalue weighted by Crippen LogP contribution is -2.42. The second-order valence-electron chi connectivity index (χ2n) is 6.91. The third-order valence-corrected chi connectivity index (χ3v) is 5.33. The zero-order valence-electron chi connectivity index (χ0n) is 15.2. The average Bonchev–Trinajstić information content (AvgIpc) is 2.66. The summed E-state index contributed by atoms with van der Waals surface area (Å²) < 4.78 is 13.0. The maximum atomic E-state index is 13.0. The fourth-order valence-electron chi connectivity index (χ4n) is 3.19. The number of halogens is 2. The maximum Gasteiger partial charge on any atom is 0.227 e. The van der Waals surface area contributed by atoms with E-state index in [2.05, 4.69) is 5.32 Å². The molecule has 1 aliphatic rings. The average molecular weight is 389 g/mol. The van der Waals surface area contributed by atoms with Crippen molar-refractivity contribution in [3.63, 3.8) is 0 Å². The molecule has 0 spiro atoms. The molecule has 0 aliphatic carbocycles. The Morgan fingerprint density at radius 3 is 2.44 bits per heavy atom. The molecular weight excluding hydrogens is 367 g/mol. The van der Waals surface area contributed by atoms with E-state index in [9.17, 15) is 14.0 Å². The Hall–Kier alpha value is -2.40. The van der Waals surface area contributed by atoms with E-state index in [0.29, 0.717) is 36.6 Å². The van der Waals surface area contributed by atoms with Crippen LogP contribution in [0.15, 0.2) is 42.5 Å². The number of benzene rings is 2. The van der Waals surface area contributed by atoms with Crippen molar-refractivity contribution in [3.05, 3.63) is 64.4 Å². The normalized spacial score (nSPS) is 14.9. The van der Waals surface area contributed by atoms with Gasteiger partial charge in [0, 0.05) is 29.7 Å². The Bertz CT molecular complexity index is 831. The van der Waals surface area contributed by atoms with Crippen LogP contribution >= 0.6 is 11.6 Å². The number of hydrogen-bond acceptors (Lipinski definition) is 2. The number of hydrogen-bond donors (Lipinski definition) is 1. The summed E-state index contributed by atoms with van der Waals surface area (Å²) in [7, 11) is 0. The van der Waals surface area contributed by atoms with E-state index in [1.807, 2.05) is 19.1 Å². The summed E-state index contributed by atoms with van der Waals surface area (Å²) in [5, 5.41) is 3.53. The van der Waals surface area contributed by atoms with E-state index in [0.717, 1.165) is 11.1 Å². The van der Waals surface area contributed by atoms with Crippen LogP contribution in [0.3, 0.4) is 0 Å². The number of amides is 2. The van der Waals surface area contributed by atoms with Crippen molar-refractivity contribution in [2.75, 3.05) is 18.4 Å². The molecule has 0 atom stereocenters. The van der Waals surface area contributed by atoms with Gasteiger partial charge in [-0.25, -0.2) is 4.39 Å². The van der Waals surface area contributed by atoms with Crippen molar-refractivity contribution in [1.82, 2.24) is 4.90 Å². The van der Waals surface area contributed by atoms with Gasteiger partial charge in [-0.3, -0.25) is 9.59 Å². The van der Waals surface area contributed by atoms with Gasteiger partial charge < -0.3 is 10.2 Å². The van der Waals surface area contributed by atoms with Gasteiger partial charge in [-0.2, -0.15) is 0 Å². The molecular formula is C21H22ClFN2O2.